The number of benzene rings is 1. The summed E-state index contributed by atoms with van der Waals surface area (Å²) in [6, 6.07) is 6.71. The molecule has 0 unspecified atom stereocenters. The lowest BCUT2D eigenvalue weighted by molar-refractivity contribution is -0.130. The van der Waals surface area contributed by atoms with Crippen LogP contribution in [0.2, 0.25) is 5.02 Å². The van der Waals surface area contributed by atoms with E-state index >= 15 is 0 Å². The Labute approximate surface area is 153 Å². The number of rotatable bonds is 7. The van der Waals surface area contributed by atoms with E-state index in [9.17, 15) is 14.4 Å². The van der Waals surface area contributed by atoms with Gasteiger partial charge in [0.2, 0.25) is 5.91 Å². The molecule has 138 valence electrons. The lowest BCUT2D eigenvalue weighted by Crippen LogP contribution is -2.42. The highest BCUT2D eigenvalue weighted by molar-refractivity contribution is 6.34. The molecule has 0 aliphatic heterocycles. The first-order valence-corrected chi connectivity index (χ1v) is 8.54. The van der Waals surface area contributed by atoms with E-state index in [-0.39, 0.29) is 37.7 Å². The summed E-state index contributed by atoms with van der Waals surface area (Å²) in [4.78, 5) is 37.5. The minimum atomic E-state index is -0.594. The first-order chi connectivity index (χ1) is 11.6. The molecule has 1 N–H and O–H groups in total. The van der Waals surface area contributed by atoms with Crippen molar-refractivity contribution in [3.05, 3.63) is 34.9 Å². The van der Waals surface area contributed by atoms with Crippen molar-refractivity contribution in [2.24, 2.45) is 0 Å². The summed E-state index contributed by atoms with van der Waals surface area (Å²) in [5, 5.41) is 2.93. The lowest BCUT2D eigenvalue weighted by atomic mass is 10.1. The smallest absolute Gasteiger partial charge is 0.407 e. The van der Waals surface area contributed by atoms with Gasteiger partial charge in [-0.05, 0) is 32.9 Å². The fourth-order valence-electron chi connectivity index (χ4n) is 2.07. The predicted octanol–water partition coefficient (Wildman–Crippen LogP) is 3.29. The second-order valence-electron chi connectivity index (χ2n) is 6.50. The van der Waals surface area contributed by atoms with Crippen LogP contribution in [0.3, 0.4) is 0 Å². The van der Waals surface area contributed by atoms with Crippen LogP contribution >= 0.6 is 11.6 Å². The third-order valence-electron chi connectivity index (χ3n) is 3.21. The van der Waals surface area contributed by atoms with Gasteiger partial charge in [0.25, 0.3) is 0 Å². The second-order valence-corrected chi connectivity index (χ2v) is 6.91. The van der Waals surface area contributed by atoms with Gasteiger partial charge in [0.05, 0.1) is 11.6 Å². The van der Waals surface area contributed by atoms with E-state index < -0.39 is 11.7 Å². The van der Waals surface area contributed by atoms with Gasteiger partial charge in [-0.3, -0.25) is 9.59 Å². The van der Waals surface area contributed by atoms with E-state index in [4.69, 9.17) is 16.3 Å². The lowest BCUT2D eigenvalue weighted by Gasteiger charge is -2.23. The first kappa shape index (κ1) is 21.0. The Morgan fingerprint density at radius 2 is 1.84 bits per heavy atom. The molecule has 0 aromatic heterocycles. The van der Waals surface area contributed by atoms with Crippen molar-refractivity contribution >= 4 is 29.4 Å². The van der Waals surface area contributed by atoms with Gasteiger partial charge in [-0.15, -0.1) is 0 Å². The van der Waals surface area contributed by atoms with Crippen molar-refractivity contribution < 1.29 is 19.1 Å². The van der Waals surface area contributed by atoms with Gasteiger partial charge in [0.15, 0.2) is 5.78 Å². The molecule has 0 radical (unpaired) electrons. The van der Waals surface area contributed by atoms with Crippen molar-refractivity contribution in [1.29, 1.82) is 0 Å². The summed E-state index contributed by atoms with van der Waals surface area (Å²) < 4.78 is 5.13. The molecule has 1 aromatic rings. The van der Waals surface area contributed by atoms with Gasteiger partial charge in [0.1, 0.15) is 5.60 Å². The summed E-state index contributed by atoms with van der Waals surface area (Å²) in [5.74, 6) is -0.420. The Morgan fingerprint density at radius 1 is 1.20 bits per heavy atom. The molecule has 0 saturated carbocycles. The van der Waals surface area contributed by atoms with E-state index in [0.29, 0.717) is 10.6 Å². The Kier molecular flexibility index (Phi) is 7.90. The number of amides is 2. The normalized spacial score (nSPS) is 10.9. The number of hydrogen-bond donors (Lipinski definition) is 1. The average Bonchev–Trinajstić information content (AvgIpc) is 2.51. The fourth-order valence-corrected chi connectivity index (χ4v) is 2.31. The highest BCUT2D eigenvalue weighted by Crippen LogP contribution is 2.16. The van der Waals surface area contributed by atoms with E-state index in [1.807, 2.05) is 0 Å². The summed E-state index contributed by atoms with van der Waals surface area (Å²) in [5.41, 5.74) is -0.221. The summed E-state index contributed by atoms with van der Waals surface area (Å²) >= 11 is 6.03. The number of nitrogens with one attached hydrogen (secondary N) is 1. The molecule has 0 spiro atoms. The molecule has 6 nitrogen and oxygen atoms in total. The van der Waals surface area contributed by atoms with Crippen LogP contribution in [0.15, 0.2) is 24.3 Å². The van der Waals surface area contributed by atoms with E-state index in [1.165, 1.54) is 4.90 Å². The van der Waals surface area contributed by atoms with Crippen LogP contribution < -0.4 is 5.32 Å². The quantitative estimate of drug-likeness (QED) is 0.749. The minimum absolute atomic E-state index is 0.0909. The van der Waals surface area contributed by atoms with Crippen LogP contribution in [0.25, 0.3) is 0 Å². The van der Waals surface area contributed by atoms with Crippen molar-refractivity contribution in [1.82, 2.24) is 10.2 Å². The van der Waals surface area contributed by atoms with Gasteiger partial charge in [0, 0.05) is 25.1 Å². The number of ether oxygens (including phenoxy) is 1. The van der Waals surface area contributed by atoms with Gasteiger partial charge in [-0.1, -0.05) is 30.7 Å². The zero-order valence-electron chi connectivity index (χ0n) is 15.1. The Balaban J connectivity index is 2.63. The van der Waals surface area contributed by atoms with Crippen LogP contribution in [0.5, 0.6) is 0 Å². The predicted molar refractivity (Wildman–Crippen MR) is 96.9 cm³/mol. The van der Waals surface area contributed by atoms with Gasteiger partial charge in [-0.25, -0.2) is 4.79 Å². The molecule has 1 aromatic carbocycles. The number of alkyl carbamates (subject to hydrolysis) is 1. The maximum Gasteiger partial charge on any atom is 0.407 e. The Hall–Kier alpha value is -2.08. The molecular formula is C18H25ClN2O4. The molecule has 0 heterocycles. The molecule has 2 amide bonds. The largest absolute Gasteiger partial charge is 0.444 e. The van der Waals surface area contributed by atoms with Crippen LogP contribution in [-0.4, -0.2) is 47.9 Å². The number of nitrogens with zero attached hydrogens (tertiary/aromatic N) is 1. The zero-order chi connectivity index (χ0) is 19.0. The third kappa shape index (κ3) is 7.56. The van der Waals surface area contributed by atoms with Gasteiger partial charge < -0.3 is 15.0 Å². The molecule has 0 saturated heterocycles. The van der Waals surface area contributed by atoms with Crippen molar-refractivity contribution in [3.8, 4) is 0 Å². The maximum atomic E-state index is 12.4. The molecule has 0 fully saturated rings. The van der Waals surface area contributed by atoms with Gasteiger partial charge >= 0.3 is 6.09 Å². The number of halogens is 1. The topological polar surface area (TPSA) is 75.7 Å². The molecule has 0 atom stereocenters. The summed E-state index contributed by atoms with van der Waals surface area (Å²) in [6.45, 7) is 7.33. The molecule has 0 aliphatic rings. The maximum absolute atomic E-state index is 12.4. The van der Waals surface area contributed by atoms with E-state index in [1.54, 1.807) is 52.0 Å². The molecule has 0 bridgehead atoms. The number of Topliss-reactive ketones (excluding diaryl/α,β-unsaturated/α-hetero) is 1. The third-order valence-corrected chi connectivity index (χ3v) is 3.54. The van der Waals surface area contributed by atoms with E-state index in [2.05, 4.69) is 5.32 Å². The minimum Gasteiger partial charge on any atom is -0.444 e. The van der Waals surface area contributed by atoms with Crippen molar-refractivity contribution in [2.45, 2.75) is 39.7 Å². The van der Waals surface area contributed by atoms with Crippen molar-refractivity contribution in [2.75, 3.05) is 19.6 Å². The van der Waals surface area contributed by atoms with Crippen LogP contribution in [-0.2, 0) is 9.53 Å². The van der Waals surface area contributed by atoms with Crippen LogP contribution in [0, 0.1) is 0 Å². The van der Waals surface area contributed by atoms with Crippen LogP contribution in [0.4, 0.5) is 4.79 Å². The van der Waals surface area contributed by atoms with E-state index in [0.717, 1.165) is 0 Å². The SMILES string of the molecule is CCC(=O)N(CCNC(=O)OC(C)(C)C)CC(=O)c1ccccc1Cl. The number of carbonyl (C=O) groups is 3. The standard InChI is InChI=1S/C18H25ClN2O4/c1-5-16(23)21(11-10-20-17(24)25-18(2,3)4)12-15(22)13-8-6-7-9-14(13)19/h6-9H,5,10-12H2,1-4H3,(H,20,24). The number of carbonyl (C=O) groups excluding carboxylic acids is 3. The first-order valence-electron chi connectivity index (χ1n) is 8.16. The molecule has 25 heavy (non-hydrogen) atoms. The Bertz CT molecular complexity index is 626. The monoisotopic (exact) mass is 368 g/mol. The molecule has 1 rings (SSSR count). The average molecular weight is 369 g/mol. The Morgan fingerprint density at radius 3 is 2.40 bits per heavy atom. The van der Waals surface area contributed by atoms with Crippen molar-refractivity contribution in [3.63, 3.8) is 0 Å². The van der Waals surface area contributed by atoms with Crippen LogP contribution in [0.1, 0.15) is 44.5 Å². The molecule has 7 heteroatoms. The highest BCUT2D eigenvalue weighted by Gasteiger charge is 2.20. The zero-order valence-corrected chi connectivity index (χ0v) is 15.9. The number of ketones is 1. The molecule has 0 aliphatic carbocycles. The highest BCUT2D eigenvalue weighted by atomic mass is 35.5. The van der Waals surface area contributed by atoms with Gasteiger partial charge in [-0.2, -0.15) is 0 Å². The fraction of sp³-hybridized carbons (Fsp3) is 0.500. The summed E-state index contributed by atoms with van der Waals surface area (Å²) in [7, 11) is 0. The molecular weight excluding hydrogens is 344 g/mol. The number of hydrogen-bond acceptors (Lipinski definition) is 4. The summed E-state index contributed by atoms with van der Waals surface area (Å²) in [6.07, 6.45) is -0.295. The second kappa shape index (κ2) is 9.42.